The van der Waals surface area contributed by atoms with Gasteiger partial charge < -0.3 is 15.2 Å². The number of non-ortho nitro benzene ring substituents is 1. The van der Waals surface area contributed by atoms with Crippen molar-refractivity contribution >= 4 is 34.0 Å². The number of carboxylic acids is 1. The third-order valence-corrected chi connectivity index (χ3v) is 3.79. The van der Waals surface area contributed by atoms with Crippen LogP contribution in [0.5, 0.6) is 0 Å². The number of carbonyl (C=O) groups is 2. The zero-order chi connectivity index (χ0) is 20.4. The molecule has 0 saturated heterocycles. The molecule has 0 spiro atoms. The number of benzene rings is 2. The molecule has 3 aromatic rings. The Balaban J connectivity index is 1.95. The SMILES string of the molecule is O=C(Cn1nc(C(=O)[O-])c2ccccc2c1=O)Nc1cc([N+](=O)[O-])ccc1F. The predicted octanol–water partition coefficient (Wildman–Crippen LogP) is 0.446. The van der Waals surface area contributed by atoms with Gasteiger partial charge in [-0.05, 0) is 12.1 Å². The van der Waals surface area contributed by atoms with E-state index in [-0.39, 0.29) is 10.8 Å². The van der Waals surface area contributed by atoms with Gasteiger partial charge in [0.05, 0.1) is 22.0 Å². The van der Waals surface area contributed by atoms with Gasteiger partial charge in [0.1, 0.15) is 18.1 Å². The normalized spacial score (nSPS) is 10.6. The predicted molar refractivity (Wildman–Crippen MR) is 92.0 cm³/mol. The maximum atomic E-state index is 13.8. The van der Waals surface area contributed by atoms with E-state index in [9.17, 15) is 34.0 Å². The van der Waals surface area contributed by atoms with E-state index in [1.54, 1.807) is 0 Å². The van der Waals surface area contributed by atoms with Gasteiger partial charge in [-0.1, -0.05) is 18.2 Å². The highest BCUT2D eigenvalue weighted by Crippen LogP contribution is 2.21. The van der Waals surface area contributed by atoms with E-state index in [0.717, 1.165) is 18.2 Å². The van der Waals surface area contributed by atoms with Crippen LogP contribution in [0.2, 0.25) is 0 Å². The highest BCUT2D eigenvalue weighted by molar-refractivity contribution is 6.00. The number of amides is 1. The minimum Gasteiger partial charge on any atom is -0.543 e. The van der Waals surface area contributed by atoms with Gasteiger partial charge in [0.25, 0.3) is 11.2 Å². The van der Waals surface area contributed by atoms with E-state index >= 15 is 0 Å². The summed E-state index contributed by atoms with van der Waals surface area (Å²) in [5.41, 5.74) is -2.19. The highest BCUT2D eigenvalue weighted by Gasteiger charge is 2.16. The lowest BCUT2D eigenvalue weighted by Crippen LogP contribution is -2.34. The molecule has 0 aliphatic rings. The van der Waals surface area contributed by atoms with Crippen LogP contribution in [0.1, 0.15) is 10.5 Å². The summed E-state index contributed by atoms with van der Waals surface area (Å²) in [6.07, 6.45) is 0. The van der Waals surface area contributed by atoms with Gasteiger partial charge >= 0.3 is 0 Å². The summed E-state index contributed by atoms with van der Waals surface area (Å²) >= 11 is 0. The number of anilines is 1. The molecule has 0 aliphatic heterocycles. The van der Waals surface area contributed by atoms with Crippen molar-refractivity contribution < 1.29 is 24.0 Å². The van der Waals surface area contributed by atoms with Crippen molar-refractivity contribution in [3.05, 3.63) is 74.4 Å². The van der Waals surface area contributed by atoms with E-state index in [1.807, 2.05) is 0 Å². The number of halogens is 1. The van der Waals surface area contributed by atoms with Crippen LogP contribution in [0.25, 0.3) is 10.8 Å². The topological polar surface area (TPSA) is 147 Å². The first-order chi connectivity index (χ1) is 13.3. The van der Waals surface area contributed by atoms with Crippen LogP contribution in [0, 0.1) is 15.9 Å². The molecule has 28 heavy (non-hydrogen) atoms. The van der Waals surface area contributed by atoms with Gasteiger partial charge in [-0.3, -0.25) is 19.7 Å². The monoisotopic (exact) mass is 385 g/mol. The molecular formula is C17H10FN4O6-. The fourth-order valence-electron chi connectivity index (χ4n) is 2.54. The fraction of sp³-hybridized carbons (Fsp3) is 0.0588. The first-order valence-electron chi connectivity index (χ1n) is 7.73. The van der Waals surface area contributed by atoms with E-state index in [2.05, 4.69) is 10.4 Å². The number of carbonyl (C=O) groups excluding carboxylic acids is 2. The lowest BCUT2D eigenvalue weighted by atomic mass is 10.1. The van der Waals surface area contributed by atoms with Crippen molar-refractivity contribution in [3.63, 3.8) is 0 Å². The van der Waals surface area contributed by atoms with Crippen molar-refractivity contribution in [2.24, 2.45) is 0 Å². The van der Waals surface area contributed by atoms with Gasteiger partial charge in [-0.25, -0.2) is 9.07 Å². The standard InChI is InChI=1S/C17H11FN4O6/c18-12-6-5-9(22(27)28)7-13(12)19-14(23)8-21-16(24)11-4-2-1-3-10(11)15(20-21)17(25)26/h1-7H,8H2,(H,19,23)(H,25,26)/p-1. The van der Waals surface area contributed by atoms with Crippen LogP contribution in [0.3, 0.4) is 0 Å². The molecule has 1 aromatic heterocycles. The smallest absolute Gasteiger partial charge is 0.275 e. The maximum Gasteiger partial charge on any atom is 0.275 e. The zero-order valence-corrected chi connectivity index (χ0v) is 13.9. The summed E-state index contributed by atoms with van der Waals surface area (Å²) < 4.78 is 14.4. The van der Waals surface area contributed by atoms with Crippen LogP contribution in [-0.2, 0) is 11.3 Å². The Labute approximate surface area is 155 Å². The summed E-state index contributed by atoms with van der Waals surface area (Å²) in [7, 11) is 0. The Morgan fingerprint density at radius 2 is 1.86 bits per heavy atom. The van der Waals surface area contributed by atoms with Gasteiger partial charge in [0.2, 0.25) is 5.91 Å². The quantitative estimate of drug-likeness (QED) is 0.495. The molecule has 1 N–H and O–H groups in total. The molecule has 0 bridgehead atoms. The Kier molecular flexibility index (Phi) is 4.81. The Hall–Kier alpha value is -4.15. The number of hydrogen-bond acceptors (Lipinski definition) is 7. The molecule has 1 heterocycles. The molecule has 0 fully saturated rings. The van der Waals surface area contributed by atoms with Crippen LogP contribution >= 0.6 is 0 Å². The number of fused-ring (bicyclic) bond motifs is 1. The fourth-order valence-corrected chi connectivity index (χ4v) is 2.54. The average Bonchev–Trinajstić information content (AvgIpc) is 2.65. The van der Waals surface area contributed by atoms with Crippen molar-refractivity contribution in [1.29, 1.82) is 0 Å². The summed E-state index contributed by atoms with van der Waals surface area (Å²) in [5, 5.41) is 27.8. The molecule has 0 atom stereocenters. The third-order valence-electron chi connectivity index (χ3n) is 3.79. The Morgan fingerprint density at radius 1 is 1.18 bits per heavy atom. The van der Waals surface area contributed by atoms with Crippen molar-refractivity contribution in [3.8, 4) is 0 Å². The third kappa shape index (κ3) is 3.53. The molecule has 142 valence electrons. The Morgan fingerprint density at radius 3 is 2.50 bits per heavy atom. The number of hydrogen-bond donors (Lipinski definition) is 1. The molecule has 3 rings (SSSR count). The second kappa shape index (κ2) is 7.23. The van der Waals surface area contributed by atoms with Gasteiger partial charge in [0.15, 0.2) is 0 Å². The second-order valence-corrected chi connectivity index (χ2v) is 5.61. The largest absolute Gasteiger partial charge is 0.543 e. The number of nitrogens with one attached hydrogen (secondary N) is 1. The first kappa shape index (κ1) is 18.6. The van der Waals surface area contributed by atoms with E-state index in [4.69, 9.17) is 0 Å². The summed E-state index contributed by atoms with van der Waals surface area (Å²) in [6.45, 7) is -0.744. The number of aromatic nitrogens is 2. The van der Waals surface area contributed by atoms with E-state index in [1.165, 1.54) is 24.3 Å². The molecule has 11 heteroatoms. The van der Waals surface area contributed by atoms with Crippen LogP contribution < -0.4 is 16.0 Å². The van der Waals surface area contributed by atoms with Crippen LogP contribution in [0.4, 0.5) is 15.8 Å². The lowest BCUT2D eigenvalue weighted by molar-refractivity contribution is -0.384. The molecule has 1 amide bonds. The first-order valence-corrected chi connectivity index (χ1v) is 7.73. The number of nitro groups is 1. The van der Waals surface area contributed by atoms with Gasteiger partial charge in [-0.2, -0.15) is 5.10 Å². The number of nitro benzene ring substituents is 1. The minimum absolute atomic E-state index is 0.00558. The number of rotatable bonds is 5. The van der Waals surface area contributed by atoms with Crippen molar-refractivity contribution in [2.45, 2.75) is 6.54 Å². The number of nitrogens with zero attached hydrogens (tertiary/aromatic N) is 3. The summed E-state index contributed by atoms with van der Waals surface area (Å²) in [6, 6.07) is 8.30. The van der Waals surface area contributed by atoms with Crippen LogP contribution in [-0.4, -0.2) is 26.6 Å². The Bertz CT molecular complexity index is 1190. The number of aromatic carboxylic acids is 1. The molecule has 0 radical (unpaired) electrons. The van der Waals surface area contributed by atoms with E-state index < -0.39 is 51.8 Å². The molecule has 0 aliphatic carbocycles. The van der Waals surface area contributed by atoms with Crippen molar-refractivity contribution in [2.75, 3.05) is 5.32 Å². The second-order valence-electron chi connectivity index (χ2n) is 5.61. The molecule has 0 unspecified atom stereocenters. The zero-order valence-electron chi connectivity index (χ0n) is 13.9. The molecule has 0 saturated carbocycles. The average molecular weight is 385 g/mol. The molecule has 2 aromatic carbocycles. The van der Waals surface area contributed by atoms with Crippen molar-refractivity contribution in [1.82, 2.24) is 9.78 Å². The maximum absolute atomic E-state index is 13.8. The summed E-state index contributed by atoms with van der Waals surface area (Å²) in [5.74, 6) is -3.50. The molecule has 10 nitrogen and oxygen atoms in total. The van der Waals surface area contributed by atoms with Gasteiger partial charge in [-0.15, -0.1) is 0 Å². The summed E-state index contributed by atoms with van der Waals surface area (Å²) in [4.78, 5) is 45.9. The lowest BCUT2D eigenvalue weighted by Gasteiger charge is -2.12. The highest BCUT2D eigenvalue weighted by atomic mass is 19.1. The van der Waals surface area contributed by atoms with E-state index in [0.29, 0.717) is 4.68 Å². The van der Waals surface area contributed by atoms with Gasteiger partial charge in [0, 0.05) is 17.5 Å². The van der Waals surface area contributed by atoms with Crippen LogP contribution in [0.15, 0.2) is 47.3 Å². The minimum atomic E-state index is -1.64. The molecular weight excluding hydrogens is 375 g/mol. The number of carboxylic acid groups (broad SMARTS) is 1.